The summed E-state index contributed by atoms with van der Waals surface area (Å²) in [7, 11) is 0. The van der Waals surface area contributed by atoms with E-state index in [-0.39, 0.29) is 0 Å². The number of para-hydroxylation sites is 1. The second-order valence-electron chi connectivity index (χ2n) is 12.2. The molecule has 0 bridgehead atoms. The van der Waals surface area contributed by atoms with Crippen molar-refractivity contribution in [3.8, 4) is 0 Å². The molecule has 10 aromatic rings. The summed E-state index contributed by atoms with van der Waals surface area (Å²) in [5.41, 5.74) is 5.24. The summed E-state index contributed by atoms with van der Waals surface area (Å²) in [4.78, 5) is 2.42. The third kappa shape index (κ3) is 3.77. The van der Waals surface area contributed by atoms with Gasteiger partial charge in [0, 0.05) is 27.5 Å². The highest BCUT2D eigenvalue weighted by Gasteiger charge is 2.18. The van der Waals surface area contributed by atoms with E-state index in [1.165, 1.54) is 53.9 Å². The van der Waals surface area contributed by atoms with Crippen LogP contribution < -0.4 is 4.90 Å². The summed E-state index contributed by atoms with van der Waals surface area (Å²) in [6.45, 7) is 0. The molecule has 0 amide bonds. The van der Waals surface area contributed by atoms with Crippen molar-refractivity contribution in [2.24, 2.45) is 0 Å². The third-order valence-electron chi connectivity index (χ3n) is 9.57. The zero-order chi connectivity index (χ0) is 30.2. The van der Waals surface area contributed by atoms with Crippen LogP contribution in [0.4, 0.5) is 17.1 Å². The molecule has 2 nitrogen and oxygen atoms in total. The zero-order valence-electron chi connectivity index (χ0n) is 24.9. The normalized spacial score (nSPS) is 11.9. The quantitative estimate of drug-likeness (QED) is 0.192. The van der Waals surface area contributed by atoms with Crippen molar-refractivity contribution < 1.29 is 4.42 Å². The lowest BCUT2D eigenvalue weighted by molar-refractivity contribution is 0.669. The predicted octanol–water partition coefficient (Wildman–Crippen LogP) is 12.8. The molecule has 0 N–H and O–H groups in total. The zero-order valence-corrected chi connectivity index (χ0v) is 24.9. The average molecular weight is 586 g/mol. The Morgan fingerprint density at radius 2 is 0.826 bits per heavy atom. The molecule has 10 rings (SSSR count). The molecule has 0 fully saturated rings. The SMILES string of the molecule is c1ccc2c(N(c3ccc4ccc5ccccc5c4c3)c3ccc4ccc5cc6oc7ccccc7c6cc5c4c3)cccc2c1. The molecule has 1 heterocycles. The maximum Gasteiger partial charge on any atom is 0.136 e. The van der Waals surface area contributed by atoms with Gasteiger partial charge in [-0.05, 0) is 97.0 Å². The van der Waals surface area contributed by atoms with Crippen molar-refractivity contribution in [3.63, 3.8) is 0 Å². The van der Waals surface area contributed by atoms with Gasteiger partial charge < -0.3 is 9.32 Å². The van der Waals surface area contributed by atoms with Crippen LogP contribution in [0.25, 0.3) is 75.8 Å². The maximum atomic E-state index is 6.25. The molecular formula is C44H27NO. The van der Waals surface area contributed by atoms with Crippen LogP contribution in [0.3, 0.4) is 0 Å². The van der Waals surface area contributed by atoms with Gasteiger partial charge >= 0.3 is 0 Å². The van der Waals surface area contributed by atoms with Crippen LogP contribution in [0.5, 0.6) is 0 Å². The van der Waals surface area contributed by atoms with Gasteiger partial charge in [0.15, 0.2) is 0 Å². The number of hydrogen-bond acceptors (Lipinski definition) is 2. The summed E-state index contributed by atoms with van der Waals surface area (Å²) in [6.07, 6.45) is 0. The van der Waals surface area contributed by atoms with Crippen molar-refractivity contribution in [1.29, 1.82) is 0 Å². The number of nitrogens with zero attached hydrogens (tertiary/aromatic N) is 1. The topological polar surface area (TPSA) is 16.4 Å². The lowest BCUT2D eigenvalue weighted by atomic mass is 9.98. The smallest absolute Gasteiger partial charge is 0.136 e. The number of anilines is 3. The molecule has 0 aliphatic heterocycles. The molecule has 1 aromatic heterocycles. The van der Waals surface area contributed by atoms with E-state index in [4.69, 9.17) is 4.42 Å². The number of furan rings is 1. The fourth-order valence-electron chi connectivity index (χ4n) is 7.36. The van der Waals surface area contributed by atoms with E-state index in [0.717, 1.165) is 39.0 Å². The van der Waals surface area contributed by atoms with Crippen molar-refractivity contribution in [1.82, 2.24) is 0 Å². The van der Waals surface area contributed by atoms with Gasteiger partial charge in [-0.2, -0.15) is 0 Å². The van der Waals surface area contributed by atoms with Gasteiger partial charge in [0.2, 0.25) is 0 Å². The standard InChI is InChI=1S/C44H27NO/c1-3-11-35-29(9-1)16-17-30-20-22-33(25-38(30)35)45(42-14-7-10-28-8-2-4-12-36(28)42)34-23-21-31-18-19-32-24-44-41(27-40(32)39(31)26-34)37-13-5-6-15-43(37)46-44/h1-27H. The molecule has 0 saturated carbocycles. The van der Waals surface area contributed by atoms with Crippen LogP contribution in [0.2, 0.25) is 0 Å². The summed E-state index contributed by atoms with van der Waals surface area (Å²) in [5.74, 6) is 0. The lowest BCUT2D eigenvalue weighted by Crippen LogP contribution is -2.10. The Morgan fingerprint density at radius 3 is 1.59 bits per heavy atom. The number of rotatable bonds is 3. The van der Waals surface area contributed by atoms with Crippen molar-refractivity contribution in [2.75, 3.05) is 4.90 Å². The molecule has 0 atom stereocenters. The molecular weight excluding hydrogens is 558 g/mol. The summed E-state index contributed by atoms with van der Waals surface area (Å²) in [6, 6.07) is 59.4. The highest BCUT2D eigenvalue weighted by molar-refractivity contribution is 6.17. The maximum absolute atomic E-state index is 6.25. The number of fused-ring (bicyclic) bond motifs is 10. The second kappa shape index (κ2) is 9.69. The first kappa shape index (κ1) is 25.2. The van der Waals surface area contributed by atoms with E-state index in [2.05, 4.69) is 157 Å². The van der Waals surface area contributed by atoms with Crippen molar-refractivity contribution >= 4 is 92.9 Å². The van der Waals surface area contributed by atoms with Gasteiger partial charge in [-0.25, -0.2) is 0 Å². The fourth-order valence-corrected chi connectivity index (χ4v) is 7.36. The Balaban J connectivity index is 1.27. The van der Waals surface area contributed by atoms with E-state index in [0.29, 0.717) is 0 Å². The molecule has 0 aliphatic rings. The minimum atomic E-state index is 0.920. The first-order chi connectivity index (χ1) is 22.8. The second-order valence-corrected chi connectivity index (χ2v) is 12.2. The van der Waals surface area contributed by atoms with E-state index >= 15 is 0 Å². The highest BCUT2D eigenvalue weighted by Crippen LogP contribution is 2.43. The minimum absolute atomic E-state index is 0.920. The molecule has 0 unspecified atom stereocenters. The number of hydrogen-bond donors (Lipinski definition) is 0. The third-order valence-corrected chi connectivity index (χ3v) is 9.57. The van der Waals surface area contributed by atoms with Gasteiger partial charge in [0.25, 0.3) is 0 Å². The van der Waals surface area contributed by atoms with E-state index in [9.17, 15) is 0 Å². The molecule has 0 radical (unpaired) electrons. The van der Waals surface area contributed by atoms with Gasteiger partial charge in [-0.15, -0.1) is 0 Å². The average Bonchev–Trinajstić information content (AvgIpc) is 3.48. The van der Waals surface area contributed by atoms with Crippen LogP contribution >= 0.6 is 0 Å². The van der Waals surface area contributed by atoms with Crippen LogP contribution in [0.1, 0.15) is 0 Å². The Labute approximate surface area is 265 Å². The van der Waals surface area contributed by atoms with Crippen molar-refractivity contribution in [3.05, 3.63) is 164 Å². The molecule has 46 heavy (non-hydrogen) atoms. The van der Waals surface area contributed by atoms with Crippen LogP contribution in [-0.4, -0.2) is 0 Å². The molecule has 0 spiro atoms. The molecule has 0 saturated heterocycles. The summed E-state index contributed by atoms with van der Waals surface area (Å²) < 4.78 is 6.25. The van der Waals surface area contributed by atoms with Gasteiger partial charge in [0.1, 0.15) is 11.2 Å². The van der Waals surface area contributed by atoms with Crippen molar-refractivity contribution in [2.45, 2.75) is 0 Å². The fraction of sp³-hybridized carbons (Fsp3) is 0. The molecule has 214 valence electrons. The Morgan fingerprint density at radius 1 is 0.304 bits per heavy atom. The Kier molecular flexibility index (Phi) is 5.31. The van der Waals surface area contributed by atoms with Crippen LogP contribution in [-0.2, 0) is 0 Å². The summed E-state index contributed by atoms with van der Waals surface area (Å²) in [5, 5.41) is 14.6. The van der Waals surface area contributed by atoms with E-state index < -0.39 is 0 Å². The Bertz CT molecular complexity index is 2820. The predicted molar refractivity (Wildman–Crippen MR) is 196 cm³/mol. The largest absolute Gasteiger partial charge is 0.456 e. The van der Waals surface area contributed by atoms with Crippen LogP contribution in [0.15, 0.2) is 168 Å². The minimum Gasteiger partial charge on any atom is -0.456 e. The first-order valence-corrected chi connectivity index (χ1v) is 15.8. The molecule has 0 aliphatic carbocycles. The molecule has 9 aromatic carbocycles. The first-order valence-electron chi connectivity index (χ1n) is 15.8. The van der Waals surface area contributed by atoms with Gasteiger partial charge in [-0.3, -0.25) is 0 Å². The lowest BCUT2D eigenvalue weighted by Gasteiger charge is -2.28. The van der Waals surface area contributed by atoms with Gasteiger partial charge in [0.05, 0.1) is 5.69 Å². The monoisotopic (exact) mass is 585 g/mol. The van der Waals surface area contributed by atoms with Crippen LogP contribution in [0, 0.1) is 0 Å². The Hall–Kier alpha value is -6.12. The van der Waals surface area contributed by atoms with E-state index in [1.807, 2.05) is 12.1 Å². The molecule has 2 heteroatoms. The number of benzene rings is 9. The summed E-state index contributed by atoms with van der Waals surface area (Å²) >= 11 is 0. The van der Waals surface area contributed by atoms with Gasteiger partial charge in [-0.1, -0.05) is 115 Å². The van der Waals surface area contributed by atoms with E-state index in [1.54, 1.807) is 0 Å². The highest BCUT2D eigenvalue weighted by atomic mass is 16.3.